The van der Waals surface area contributed by atoms with Gasteiger partial charge in [0.15, 0.2) is 0 Å². The molecule has 0 aliphatic heterocycles. The van der Waals surface area contributed by atoms with E-state index in [0.29, 0.717) is 18.7 Å². The summed E-state index contributed by atoms with van der Waals surface area (Å²) < 4.78 is 7.71. The first-order chi connectivity index (χ1) is 8.99. The maximum Gasteiger partial charge on any atom is 0.268 e. The van der Waals surface area contributed by atoms with Gasteiger partial charge >= 0.3 is 0 Å². The molecule has 6 heteroatoms. The number of aliphatic hydroxyl groups is 1. The Hall–Kier alpha value is -0.850. The van der Waals surface area contributed by atoms with Crippen molar-refractivity contribution >= 4 is 21.8 Å². The van der Waals surface area contributed by atoms with Crippen LogP contribution in [0.2, 0.25) is 0 Å². The van der Waals surface area contributed by atoms with E-state index in [-0.39, 0.29) is 24.6 Å². The molecule has 0 radical (unpaired) electrons. The molecule has 0 aliphatic rings. The summed E-state index contributed by atoms with van der Waals surface area (Å²) in [5.74, 6) is -0.186. The molecule has 0 spiro atoms. The Morgan fingerprint density at radius 2 is 2.26 bits per heavy atom. The van der Waals surface area contributed by atoms with E-state index in [4.69, 9.17) is 4.74 Å². The number of nitrogens with zero attached hydrogens (tertiary/aromatic N) is 1. The highest BCUT2D eigenvalue weighted by Crippen LogP contribution is 2.19. The van der Waals surface area contributed by atoms with Gasteiger partial charge in [0.2, 0.25) is 0 Å². The molecule has 0 saturated heterocycles. The largest absolute Gasteiger partial charge is 0.394 e. The van der Waals surface area contributed by atoms with Gasteiger partial charge in [-0.25, -0.2) is 0 Å². The number of halogens is 1. The fraction of sp³-hybridized carbons (Fsp3) is 0.615. The zero-order valence-corrected chi connectivity index (χ0v) is 13.1. The minimum atomic E-state index is -0.290. The second kappa shape index (κ2) is 7.67. The van der Waals surface area contributed by atoms with Gasteiger partial charge in [-0.3, -0.25) is 4.79 Å². The molecular formula is C13H21BrN2O3. The van der Waals surface area contributed by atoms with E-state index in [9.17, 15) is 9.90 Å². The Labute approximate surface area is 122 Å². The van der Waals surface area contributed by atoms with Crippen molar-refractivity contribution in [3.05, 3.63) is 22.4 Å². The molecule has 1 unspecified atom stereocenters. The molecule has 1 amide bonds. The van der Waals surface area contributed by atoms with Crippen molar-refractivity contribution in [2.24, 2.45) is 0 Å². The Balaban J connectivity index is 2.76. The molecule has 108 valence electrons. The standard InChI is InChI=1S/C13H21BrN2O3/c1-9(2)16-7-10(14)6-12(16)13(18)15-11(8-17)4-5-19-3/h6-7,9,11,17H,4-5,8H2,1-3H3,(H,15,18). The minimum absolute atomic E-state index is 0.0986. The molecule has 0 bridgehead atoms. The van der Waals surface area contributed by atoms with Gasteiger partial charge < -0.3 is 19.7 Å². The molecule has 1 aromatic heterocycles. The smallest absolute Gasteiger partial charge is 0.268 e. The third-order valence-corrected chi connectivity index (χ3v) is 3.26. The monoisotopic (exact) mass is 332 g/mol. The molecule has 0 aliphatic carbocycles. The second-order valence-electron chi connectivity index (χ2n) is 4.68. The van der Waals surface area contributed by atoms with Crippen LogP contribution in [0.15, 0.2) is 16.7 Å². The van der Waals surface area contributed by atoms with Crippen LogP contribution in [0, 0.1) is 0 Å². The molecule has 0 saturated carbocycles. The molecule has 19 heavy (non-hydrogen) atoms. The lowest BCUT2D eigenvalue weighted by atomic mass is 10.2. The molecular weight excluding hydrogens is 312 g/mol. The number of aliphatic hydroxyl groups excluding tert-OH is 1. The van der Waals surface area contributed by atoms with Crippen molar-refractivity contribution in [1.82, 2.24) is 9.88 Å². The highest BCUT2D eigenvalue weighted by atomic mass is 79.9. The first kappa shape index (κ1) is 16.2. The summed E-state index contributed by atoms with van der Waals surface area (Å²) >= 11 is 3.37. The van der Waals surface area contributed by atoms with Gasteiger partial charge in [0, 0.05) is 30.4 Å². The van der Waals surface area contributed by atoms with E-state index < -0.39 is 0 Å². The van der Waals surface area contributed by atoms with Crippen molar-refractivity contribution in [2.75, 3.05) is 20.3 Å². The number of aromatic nitrogens is 1. The van der Waals surface area contributed by atoms with Crippen molar-refractivity contribution in [3.63, 3.8) is 0 Å². The molecule has 1 rings (SSSR count). The Morgan fingerprint density at radius 3 is 2.79 bits per heavy atom. The summed E-state index contributed by atoms with van der Waals surface area (Å²) in [6, 6.07) is 1.68. The highest BCUT2D eigenvalue weighted by molar-refractivity contribution is 9.10. The van der Waals surface area contributed by atoms with E-state index >= 15 is 0 Å². The van der Waals surface area contributed by atoms with Crippen molar-refractivity contribution in [1.29, 1.82) is 0 Å². The lowest BCUT2D eigenvalue weighted by Gasteiger charge is -2.18. The number of amides is 1. The summed E-state index contributed by atoms with van der Waals surface area (Å²) in [6.07, 6.45) is 2.46. The summed E-state index contributed by atoms with van der Waals surface area (Å²) in [5, 5.41) is 12.1. The lowest BCUT2D eigenvalue weighted by molar-refractivity contribution is 0.0884. The SMILES string of the molecule is COCCC(CO)NC(=O)c1cc(Br)cn1C(C)C. The zero-order valence-electron chi connectivity index (χ0n) is 11.5. The summed E-state index contributed by atoms with van der Waals surface area (Å²) in [5.41, 5.74) is 0.581. The van der Waals surface area contributed by atoms with E-state index in [2.05, 4.69) is 21.2 Å². The summed E-state index contributed by atoms with van der Waals surface area (Å²) in [6.45, 7) is 4.42. The van der Waals surface area contributed by atoms with Gasteiger partial charge in [0.1, 0.15) is 5.69 Å². The molecule has 0 aromatic carbocycles. The Kier molecular flexibility index (Phi) is 6.54. The lowest BCUT2D eigenvalue weighted by Crippen LogP contribution is -2.39. The number of hydrogen-bond acceptors (Lipinski definition) is 3. The number of nitrogens with one attached hydrogen (secondary N) is 1. The average molecular weight is 333 g/mol. The van der Waals surface area contributed by atoms with E-state index in [0.717, 1.165) is 4.47 Å². The van der Waals surface area contributed by atoms with Gasteiger partial charge in [-0.1, -0.05) is 0 Å². The van der Waals surface area contributed by atoms with E-state index in [1.54, 1.807) is 13.2 Å². The molecule has 1 aromatic rings. The number of carbonyl (C=O) groups is 1. The number of methoxy groups -OCH3 is 1. The summed E-state index contributed by atoms with van der Waals surface area (Å²) in [4.78, 5) is 12.2. The van der Waals surface area contributed by atoms with E-state index in [1.807, 2.05) is 24.6 Å². The normalized spacial score (nSPS) is 12.7. The van der Waals surface area contributed by atoms with Gasteiger partial charge in [0.25, 0.3) is 5.91 Å². The Morgan fingerprint density at radius 1 is 1.58 bits per heavy atom. The van der Waals surface area contributed by atoms with Crippen LogP contribution < -0.4 is 5.32 Å². The first-order valence-electron chi connectivity index (χ1n) is 6.27. The predicted octanol–water partition coefficient (Wildman–Crippen LogP) is 1.96. The molecule has 1 heterocycles. The number of carbonyl (C=O) groups excluding carboxylic acids is 1. The number of hydrogen-bond donors (Lipinski definition) is 2. The van der Waals surface area contributed by atoms with Crippen LogP contribution in [0.5, 0.6) is 0 Å². The molecule has 1 atom stereocenters. The van der Waals surface area contributed by atoms with Crippen LogP contribution in [0.3, 0.4) is 0 Å². The second-order valence-corrected chi connectivity index (χ2v) is 5.59. The van der Waals surface area contributed by atoms with Crippen LogP contribution in [-0.2, 0) is 4.74 Å². The Bertz CT molecular complexity index is 418. The van der Waals surface area contributed by atoms with Crippen LogP contribution in [0.25, 0.3) is 0 Å². The highest BCUT2D eigenvalue weighted by Gasteiger charge is 2.18. The van der Waals surface area contributed by atoms with Crippen molar-refractivity contribution in [2.45, 2.75) is 32.4 Å². The van der Waals surface area contributed by atoms with Crippen LogP contribution >= 0.6 is 15.9 Å². The fourth-order valence-corrected chi connectivity index (χ4v) is 2.22. The number of ether oxygens (including phenoxy) is 1. The first-order valence-corrected chi connectivity index (χ1v) is 7.07. The molecule has 0 fully saturated rings. The van der Waals surface area contributed by atoms with E-state index in [1.165, 1.54) is 0 Å². The molecule has 2 N–H and O–H groups in total. The van der Waals surface area contributed by atoms with Crippen LogP contribution in [0.4, 0.5) is 0 Å². The number of rotatable bonds is 7. The maximum absolute atomic E-state index is 12.2. The maximum atomic E-state index is 12.2. The molecule has 5 nitrogen and oxygen atoms in total. The van der Waals surface area contributed by atoms with Crippen LogP contribution in [0.1, 0.15) is 36.8 Å². The van der Waals surface area contributed by atoms with Gasteiger partial charge in [-0.15, -0.1) is 0 Å². The fourth-order valence-electron chi connectivity index (χ4n) is 1.78. The summed E-state index contributed by atoms with van der Waals surface area (Å²) in [7, 11) is 1.59. The van der Waals surface area contributed by atoms with Crippen molar-refractivity contribution < 1.29 is 14.6 Å². The van der Waals surface area contributed by atoms with Gasteiger partial charge in [-0.05, 0) is 42.3 Å². The predicted molar refractivity (Wildman–Crippen MR) is 77.4 cm³/mol. The van der Waals surface area contributed by atoms with Gasteiger partial charge in [0.05, 0.1) is 12.6 Å². The van der Waals surface area contributed by atoms with Crippen molar-refractivity contribution in [3.8, 4) is 0 Å². The van der Waals surface area contributed by atoms with Gasteiger partial charge in [-0.2, -0.15) is 0 Å². The topological polar surface area (TPSA) is 63.5 Å². The third kappa shape index (κ3) is 4.63. The minimum Gasteiger partial charge on any atom is -0.394 e. The van der Waals surface area contributed by atoms with Crippen LogP contribution in [-0.4, -0.2) is 41.9 Å². The quantitative estimate of drug-likeness (QED) is 0.802. The zero-order chi connectivity index (χ0) is 14.4. The third-order valence-electron chi connectivity index (χ3n) is 2.83. The average Bonchev–Trinajstić information content (AvgIpc) is 2.76.